The molecule has 0 aliphatic heterocycles. The van der Waals surface area contributed by atoms with Crippen molar-refractivity contribution in [2.24, 2.45) is 0 Å². The van der Waals surface area contributed by atoms with Crippen LogP contribution in [0.2, 0.25) is 0 Å². The Bertz CT molecular complexity index is 697. The average molecular weight is 300 g/mol. The number of rotatable bonds is 2. The number of hydrogen-bond acceptors (Lipinski definition) is 4. The number of nitrogens with zero attached hydrogens (tertiary/aromatic N) is 1. The van der Waals surface area contributed by atoms with E-state index < -0.39 is 11.7 Å². The Kier molecular flexibility index (Phi) is 3.61. The third-order valence-corrected chi connectivity index (χ3v) is 2.96. The van der Waals surface area contributed by atoms with Gasteiger partial charge in [-0.1, -0.05) is 0 Å². The topological polar surface area (TPSA) is 68.4 Å². The number of phenols is 1. The van der Waals surface area contributed by atoms with Gasteiger partial charge < -0.3 is 15.6 Å². The van der Waals surface area contributed by atoms with E-state index in [2.05, 4.69) is 4.98 Å². The third-order valence-electron chi connectivity index (χ3n) is 2.96. The van der Waals surface area contributed by atoms with E-state index in [1.807, 2.05) is 0 Å². The van der Waals surface area contributed by atoms with Gasteiger partial charge in [-0.2, -0.15) is 13.2 Å². The maximum absolute atomic E-state index is 13.3. The number of aromatic nitrogens is 1. The highest BCUT2D eigenvalue weighted by molar-refractivity contribution is 5.89. The first-order valence-electron chi connectivity index (χ1n) is 6.28. The zero-order valence-corrected chi connectivity index (χ0v) is 11.7. The molecule has 0 unspecified atom stereocenters. The van der Waals surface area contributed by atoms with Crippen molar-refractivity contribution in [3.8, 4) is 11.6 Å². The number of hydrogen-bond donors (Lipinski definition) is 2. The van der Waals surface area contributed by atoms with Gasteiger partial charge in [-0.15, -0.1) is 0 Å². The highest BCUT2D eigenvalue weighted by atomic mass is 19.4. The van der Waals surface area contributed by atoms with Gasteiger partial charge in [0.25, 0.3) is 0 Å². The number of halogens is 3. The van der Waals surface area contributed by atoms with Gasteiger partial charge in [0.05, 0.1) is 22.9 Å². The molecule has 21 heavy (non-hydrogen) atoms. The van der Waals surface area contributed by atoms with Crippen molar-refractivity contribution in [1.82, 2.24) is 4.98 Å². The Morgan fingerprint density at radius 2 is 1.90 bits per heavy atom. The second kappa shape index (κ2) is 4.98. The zero-order chi connectivity index (χ0) is 15.9. The van der Waals surface area contributed by atoms with E-state index in [1.54, 1.807) is 13.8 Å². The molecule has 0 bridgehead atoms. The summed E-state index contributed by atoms with van der Waals surface area (Å²) in [6, 6.07) is 2.18. The molecule has 4 nitrogen and oxygen atoms in total. The number of phenolic OH excluding ortho intramolecular Hbond substituents is 1. The third kappa shape index (κ3) is 2.81. The lowest BCUT2D eigenvalue weighted by Gasteiger charge is -2.18. The van der Waals surface area contributed by atoms with Crippen molar-refractivity contribution >= 4 is 16.6 Å². The van der Waals surface area contributed by atoms with E-state index in [9.17, 15) is 18.3 Å². The van der Waals surface area contributed by atoms with E-state index in [1.165, 1.54) is 6.92 Å². The van der Waals surface area contributed by atoms with E-state index in [0.717, 1.165) is 12.1 Å². The minimum Gasteiger partial charge on any atom is -0.506 e. The first kappa shape index (κ1) is 15.2. The molecule has 0 spiro atoms. The van der Waals surface area contributed by atoms with Crippen LogP contribution in [0.3, 0.4) is 0 Å². The van der Waals surface area contributed by atoms with Gasteiger partial charge in [0.2, 0.25) is 5.88 Å². The molecule has 0 aliphatic rings. The summed E-state index contributed by atoms with van der Waals surface area (Å²) in [7, 11) is 0. The van der Waals surface area contributed by atoms with Crippen molar-refractivity contribution in [2.75, 3.05) is 5.73 Å². The lowest BCUT2D eigenvalue weighted by molar-refractivity contribution is -0.136. The van der Waals surface area contributed by atoms with Crippen LogP contribution in [0.25, 0.3) is 10.9 Å². The molecule has 0 amide bonds. The number of nitrogens with two attached hydrogens (primary N) is 1. The molecule has 7 heteroatoms. The number of anilines is 1. The molecule has 0 saturated heterocycles. The van der Waals surface area contributed by atoms with E-state index in [4.69, 9.17) is 10.5 Å². The van der Waals surface area contributed by atoms with Crippen molar-refractivity contribution < 1.29 is 23.0 Å². The molecule has 0 radical (unpaired) electrons. The molecular weight excluding hydrogens is 285 g/mol. The van der Waals surface area contributed by atoms with Crippen LogP contribution < -0.4 is 10.5 Å². The Labute approximate surface area is 119 Å². The summed E-state index contributed by atoms with van der Waals surface area (Å²) in [5.41, 5.74) is 4.38. The Hall–Kier alpha value is -2.18. The van der Waals surface area contributed by atoms with Crippen LogP contribution in [0.4, 0.5) is 18.9 Å². The fraction of sp³-hybridized carbons (Fsp3) is 0.357. The van der Waals surface area contributed by atoms with E-state index in [0.29, 0.717) is 0 Å². The number of nitrogen functional groups attached to an aromatic ring is 1. The summed E-state index contributed by atoms with van der Waals surface area (Å²) >= 11 is 0. The molecule has 1 aromatic carbocycles. The van der Waals surface area contributed by atoms with Crippen LogP contribution in [0.15, 0.2) is 12.1 Å². The minimum atomic E-state index is -4.58. The first-order chi connectivity index (χ1) is 9.61. The highest BCUT2D eigenvalue weighted by Gasteiger charge is 2.36. The van der Waals surface area contributed by atoms with Crippen molar-refractivity contribution in [3.05, 3.63) is 23.3 Å². The second-order valence-electron chi connectivity index (χ2n) is 5.01. The van der Waals surface area contributed by atoms with Crippen molar-refractivity contribution in [1.29, 1.82) is 0 Å². The monoisotopic (exact) mass is 300 g/mol. The molecule has 0 aliphatic carbocycles. The molecule has 1 aromatic heterocycles. The van der Waals surface area contributed by atoms with Gasteiger partial charge in [-0.25, -0.2) is 4.98 Å². The Morgan fingerprint density at radius 3 is 2.43 bits per heavy atom. The normalized spacial score (nSPS) is 12.1. The fourth-order valence-electron chi connectivity index (χ4n) is 2.09. The predicted molar refractivity (Wildman–Crippen MR) is 73.3 cm³/mol. The number of fused-ring (bicyclic) bond motifs is 1. The molecule has 2 aromatic rings. The van der Waals surface area contributed by atoms with Crippen molar-refractivity contribution in [2.45, 2.75) is 33.1 Å². The summed E-state index contributed by atoms with van der Waals surface area (Å²) in [6.45, 7) is 4.69. The van der Waals surface area contributed by atoms with Crippen LogP contribution in [0.1, 0.15) is 25.0 Å². The smallest absolute Gasteiger partial charge is 0.417 e. The Balaban J connectivity index is 2.86. The maximum atomic E-state index is 13.3. The standard InChI is InChI=1S/C14H15F3N2O2/c1-6(2)21-13-7(3)12(14(15,16)17)8-4-9(18)11(20)5-10(8)19-13/h4-6,20H,18H2,1-3H3. The van der Waals surface area contributed by atoms with Crippen LogP contribution in [-0.2, 0) is 6.18 Å². The molecule has 114 valence electrons. The maximum Gasteiger partial charge on any atom is 0.417 e. The van der Waals surface area contributed by atoms with Gasteiger partial charge in [0.1, 0.15) is 5.75 Å². The summed E-state index contributed by atoms with van der Waals surface area (Å²) in [5.74, 6) is -0.420. The van der Waals surface area contributed by atoms with Crippen LogP contribution in [-0.4, -0.2) is 16.2 Å². The largest absolute Gasteiger partial charge is 0.506 e. The quantitative estimate of drug-likeness (QED) is 0.656. The van der Waals surface area contributed by atoms with Crippen molar-refractivity contribution in [3.63, 3.8) is 0 Å². The molecule has 3 N–H and O–H groups in total. The number of pyridine rings is 1. The lowest BCUT2D eigenvalue weighted by atomic mass is 10.0. The number of alkyl halides is 3. The van der Waals surface area contributed by atoms with E-state index in [-0.39, 0.29) is 39.9 Å². The van der Waals surface area contributed by atoms with Gasteiger partial charge in [0, 0.05) is 17.0 Å². The summed E-state index contributed by atoms with van der Waals surface area (Å²) in [5, 5.41) is 9.41. The zero-order valence-electron chi connectivity index (χ0n) is 11.7. The lowest BCUT2D eigenvalue weighted by Crippen LogP contribution is -2.14. The SMILES string of the molecule is Cc1c(OC(C)C)nc2cc(O)c(N)cc2c1C(F)(F)F. The highest BCUT2D eigenvalue weighted by Crippen LogP contribution is 2.41. The number of aromatic hydroxyl groups is 1. The first-order valence-corrected chi connectivity index (χ1v) is 6.28. The van der Waals surface area contributed by atoms with Crippen LogP contribution in [0, 0.1) is 6.92 Å². The summed E-state index contributed by atoms with van der Waals surface area (Å²) in [6.07, 6.45) is -4.90. The number of benzene rings is 1. The molecule has 0 fully saturated rings. The minimum absolute atomic E-state index is 0.0183. The summed E-state index contributed by atoms with van der Waals surface area (Å²) in [4.78, 5) is 4.05. The molecule has 0 saturated carbocycles. The molecule has 0 atom stereocenters. The number of ether oxygens (including phenoxy) is 1. The molecular formula is C14H15F3N2O2. The van der Waals surface area contributed by atoms with Gasteiger partial charge in [-0.05, 0) is 26.8 Å². The predicted octanol–water partition coefficient (Wildman–Crippen LogP) is 3.64. The van der Waals surface area contributed by atoms with E-state index >= 15 is 0 Å². The molecule has 2 rings (SSSR count). The fourth-order valence-corrected chi connectivity index (χ4v) is 2.09. The van der Waals surface area contributed by atoms with Gasteiger partial charge in [-0.3, -0.25) is 0 Å². The Morgan fingerprint density at radius 1 is 1.29 bits per heavy atom. The molecule has 1 heterocycles. The van der Waals surface area contributed by atoms with Crippen LogP contribution in [0.5, 0.6) is 11.6 Å². The second-order valence-corrected chi connectivity index (χ2v) is 5.01. The van der Waals surface area contributed by atoms with Crippen LogP contribution >= 0.6 is 0 Å². The van der Waals surface area contributed by atoms with Gasteiger partial charge in [0.15, 0.2) is 0 Å². The average Bonchev–Trinajstić information content (AvgIpc) is 2.30. The van der Waals surface area contributed by atoms with Gasteiger partial charge >= 0.3 is 6.18 Å². The summed E-state index contributed by atoms with van der Waals surface area (Å²) < 4.78 is 45.4.